The van der Waals surface area contributed by atoms with Gasteiger partial charge in [0.1, 0.15) is 0 Å². The lowest BCUT2D eigenvalue weighted by atomic mass is 9.99. The van der Waals surface area contributed by atoms with Crippen LogP contribution in [-0.4, -0.2) is 43.1 Å². The van der Waals surface area contributed by atoms with Crippen molar-refractivity contribution in [1.29, 1.82) is 0 Å². The summed E-state index contributed by atoms with van der Waals surface area (Å²) < 4.78 is 32.3. The molecule has 0 radical (unpaired) electrons. The minimum absolute atomic E-state index is 0.0410. The molecule has 120 valence electrons. The number of aromatic nitrogens is 1. The average molecular weight is 316 g/mol. The summed E-state index contributed by atoms with van der Waals surface area (Å²) in [5.41, 5.74) is 5.69. The largest absolute Gasteiger partial charge is 0.380 e. The van der Waals surface area contributed by atoms with E-state index in [-0.39, 0.29) is 28.1 Å². The van der Waals surface area contributed by atoms with Gasteiger partial charge in [-0.25, -0.2) is 13.1 Å². The van der Waals surface area contributed by atoms with Crippen molar-refractivity contribution in [2.45, 2.75) is 57.0 Å². The number of piperidine rings is 1. The molecule has 2 rings (SSSR count). The van der Waals surface area contributed by atoms with Crippen LogP contribution in [0.5, 0.6) is 0 Å². The minimum Gasteiger partial charge on any atom is -0.380 e. The number of nitrogens with one attached hydrogen (secondary N) is 1. The van der Waals surface area contributed by atoms with E-state index in [9.17, 15) is 8.42 Å². The second kappa shape index (κ2) is 5.58. The Bertz CT molecular complexity index is 576. The Labute approximate surface area is 125 Å². The predicted octanol–water partition coefficient (Wildman–Crippen LogP) is 1.11. The van der Waals surface area contributed by atoms with Crippen LogP contribution in [0.4, 0.5) is 5.82 Å². The van der Waals surface area contributed by atoms with Gasteiger partial charge in [-0.3, -0.25) is 4.90 Å². The van der Waals surface area contributed by atoms with Gasteiger partial charge in [-0.05, 0) is 40.5 Å². The fraction of sp³-hybridized carbons (Fsp3) is 0.769. The highest BCUT2D eigenvalue weighted by atomic mass is 32.2. The smallest absolute Gasteiger partial charge is 0.248 e. The molecule has 0 unspecified atom stereocenters. The predicted molar refractivity (Wildman–Crippen MR) is 80.3 cm³/mol. The van der Waals surface area contributed by atoms with E-state index in [2.05, 4.69) is 35.5 Å². The summed E-state index contributed by atoms with van der Waals surface area (Å²) in [5, 5.41) is 3.50. The number of nitrogens with two attached hydrogens (primary N) is 1. The van der Waals surface area contributed by atoms with Crippen LogP contribution in [0, 0.1) is 6.92 Å². The zero-order valence-electron chi connectivity index (χ0n) is 13.0. The maximum Gasteiger partial charge on any atom is 0.248 e. The summed E-state index contributed by atoms with van der Waals surface area (Å²) in [6.07, 6.45) is 1.56. The van der Waals surface area contributed by atoms with Crippen LogP contribution in [0.2, 0.25) is 0 Å². The number of nitrogens with zero attached hydrogens (tertiary/aromatic N) is 2. The second-order valence-corrected chi connectivity index (χ2v) is 8.16. The number of anilines is 1. The van der Waals surface area contributed by atoms with Crippen LogP contribution in [-0.2, 0) is 10.0 Å². The van der Waals surface area contributed by atoms with E-state index in [0.29, 0.717) is 0 Å². The highest BCUT2D eigenvalue weighted by Gasteiger charge is 2.31. The molecule has 0 bridgehead atoms. The summed E-state index contributed by atoms with van der Waals surface area (Å²) >= 11 is 0. The maximum atomic E-state index is 12.4. The molecule has 21 heavy (non-hydrogen) atoms. The number of sulfonamides is 1. The second-order valence-electron chi connectivity index (χ2n) is 6.51. The van der Waals surface area contributed by atoms with Crippen LogP contribution < -0.4 is 10.5 Å². The summed E-state index contributed by atoms with van der Waals surface area (Å²) in [6.45, 7) is 9.78. The monoisotopic (exact) mass is 316 g/mol. The first-order chi connectivity index (χ1) is 9.61. The van der Waals surface area contributed by atoms with Crippen molar-refractivity contribution in [3.63, 3.8) is 0 Å². The van der Waals surface area contributed by atoms with Gasteiger partial charge >= 0.3 is 0 Å². The molecule has 0 atom stereocenters. The van der Waals surface area contributed by atoms with Crippen molar-refractivity contribution in [2.75, 3.05) is 18.8 Å². The number of likely N-dealkylation sites (tertiary alicyclic amines) is 1. The van der Waals surface area contributed by atoms with Gasteiger partial charge in [0.25, 0.3) is 0 Å². The highest BCUT2D eigenvalue weighted by Crippen LogP contribution is 2.24. The Hall–Kier alpha value is -1.12. The van der Waals surface area contributed by atoms with Crippen molar-refractivity contribution >= 4 is 15.8 Å². The molecule has 1 aromatic heterocycles. The van der Waals surface area contributed by atoms with E-state index in [4.69, 9.17) is 10.3 Å². The molecule has 0 amide bonds. The molecule has 1 fully saturated rings. The van der Waals surface area contributed by atoms with E-state index < -0.39 is 10.0 Å². The van der Waals surface area contributed by atoms with Crippen LogP contribution >= 0.6 is 0 Å². The molecule has 1 aromatic rings. The van der Waals surface area contributed by atoms with Gasteiger partial charge in [0, 0.05) is 24.7 Å². The van der Waals surface area contributed by atoms with Gasteiger partial charge in [-0.15, -0.1) is 0 Å². The van der Waals surface area contributed by atoms with E-state index in [1.54, 1.807) is 6.92 Å². The van der Waals surface area contributed by atoms with E-state index in [0.717, 1.165) is 25.9 Å². The third-order valence-electron chi connectivity index (χ3n) is 3.87. The van der Waals surface area contributed by atoms with E-state index >= 15 is 0 Å². The van der Waals surface area contributed by atoms with Gasteiger partial charge in [-0.2, -0.15) is 0 Å². The minimum atomic E-state index is -3.68. The topological polar surface area (TPSA) is 101 Å². The van der Waals surface area contributed by atoms with Crippen LogP contribution in [0.1, 0.15) is 39.4 Å². The van der Waals surface area contributed by atoms with Gasteiger partial charge in [0.05, 0.1) is 0 Å². The van der Waals surface area contributed by atoms with Gasteiger partial charge in [-0.1, -0.05) is 5.16 Å². The molecule has 3 N–H and O–H groups in total. The highest BCUT2D eigenvalue weighted by molar-refractivity contribution is 7.89. The van der Waals surface area contributed by atoms with Gasteiger partial charge in [0.2, 0.25) is 10.0 Å². The van der Waals surface area contributed by atoms with Crippen molar-refractivity contribution in [3.8, 4) is 0 Å². The first kappa shape index (κ1) is 16.3. The third-order valence-corrected chi connectivity index (χ3v) is 5.55. The molecule has 0 aromatic carbocycles. The number of hydrogen-bond acceptors (Lipinski definition) is 6. The lowest BCUT2D eigenvalue weighted by Crippen LogP contribution is -2.50. The number of aryl methyl sites for hydroxylation is 1. The Morgan fingerprint density at radius 3 is 2.33 bits per heavy atom. The standard InChI is InChI=1S/C13H24N4O3S/c1-9-11(12(14)15-20-9)21(18,19)16-10-5-7-17(8-6-10)13(2,3)4/h10,16H,5-8H2,1-4H3,(H2,14,15). The summed E-state index contributed by atoms with van der Waals surface area (Å²) in [5.74, 6) is 0.124. The third kappa shape index (κ3) is 3.56. The SMILES string of the molecule is Cc1onc(N)c1S(=O)(=O)NC1CCN(C(C)(C)C)CC1. The normalized spacial score (nSPS) is 19.0. The summed E-state index contributed by atoms with van der Waals surface area (Å²) in [7, 11) is -3.68. The van der Waals surface area contributed by atoms with Crippen LogP contribution in [0.3, 0.4) is 0 Å². The molecular weight excluding hydrogens is 292 g/mol. The first-order valence-electron chi connectivity index (χ1n) is 7.10. The Morgan fingerprint density at radius 2 is 1.90 bits per heavy atom. The average Bonchev–Trinajstić information content (AvgIpc) is 2.68. The van der Waals surface area contributed by atoms with Crippen LogP contribution in [0.25, 0.3) is 0 Å². The van der Waals surface area contributed by atoms with E-state index in [1.807, 2.05) is 0 Å². The van der Waals surface area contributed by atoms with Crippen LogP contribution in [0.15, 0.2) is 9.42 Å². The Kier molecular flexibility index (Phi) is 4.32. The number of rotatable bonds is 3. The lowest BCUT2D eigenvalue weighted by molar-refractivity contribution is 0.100. The fourth-order valence-electron chi connectivity index (χ4n) is 2.65. The molecule has 0 aliphatic carbocycles. The molecule has 1 aliphatic rings. The quantitative estimate of drug-likeness (QED) is 0.866. The van der Waals surface area contributed by atoms with Crippen molar-refractivity contribution < 1.29 is 12.9 Å². The summed E-state index contributed by atoms with van der Waals surface area (Å²) in [4.78, 5) is 2.32. The zero-order valence-corrected chi connectivity index (χ0v) is 13.8. The molecule has 8 heteroatoms. The van der Waals surface area contributed by atoms with Crippen molar-refractivity contribution in [1.82, 2.24) is 14.8 Å². The number of nitrogen functional groups attached to an aromatic ring is 1. The summed E-state index contributed by atoms with van der Waals surface area (Å²) in [6, 6.07) is -0.0812. The molecule has 7 nitrogen and oxygen atoms in total. The van der Waals surface area contributed by atoms with Crippen molar-refractivity contribution in [3.05, 3.63) is 5.76 Å². The molecule has 0 saturated carbocycles. The zero-order chi connectivity index (χ0) is 15.8. The molecule has 2 heterocycles. The maximum absolute atomic E-state index is 12.4. The first-order valence-corrected chi connectivity index (χ1v) is 8.58. The fourth-order valence-corrected chi connectivity index (χ4v) is 4.17. The molecule has 1 saturated heterocycles. The Morgan fingerprint density at radius 1 is 1.33 bits per heavy atom. The number of hydrogen-bond donors (Lipinski definition) is 2. The lowest BCUT2D eigenvalue weighted by Gasteiger charge is -2.40. The van der Waals surface area contributed by atoms with Gasteiger partial charge < -0.3 is 10.3 Å². The Balaban J connectivity index is 2.04. The van der Waals surface area contributed by atoms with Gasteiger partial charge in [0.15, 0.2) is 16.5 Å². The molecular formula is C13H24N4O3S. The molecule has 1 aliphatic heterocycles. The van der Waals surface area contributed by atoms with Crippen molar-refractivity contribution in [2.24, 2.45) is 0 Å². The molecule has 0 spiro atoms. The van der Waals surface area contributed by atoms with E-state index in [1.165, 1.54) is 0 Å².